The quantitative estimate of drug-likeness (QED) is 0.824. The molecule has 0 aliphatic heterocycles. The van der Waals surface area contributed by atoms with E-state index in [0.717, 1.165) is 37.2 Å². The molecule has 26 heavy (non-hydrogen) atoms. The second kappa shape index (κ2) is 6.36. The number of primary amides is 1. The van der Waals surface area contributed by atoms with Gasteiger partial charge in [0.25, 0.3) is 5.91 Å². The van der Waals surface area contributed by atoms with Crippen LogP contribution in [0.4, 0.5) is 5.00 Å². The zero-order valence-corrected chi connectivity index (χ0v) is 16.9. The molecule has 2 amide bonds. The molecule has 1 aromatic rings. The molecule has 4 atom stereocenters. The lowest BCUT2D eigenvalue weighted by Crippen LogP contribution is -2.28. The number of hydrogen-bond acceptors (Lipinski definition) is 3. The minimum Gasteiger partial charge on any atom is -0.365 e. The number of nitrogens with one attached hydrogen (secondary N) is 1. The lowest BCUT2D eigenvalue weighted by Gasteiger charge is -2.33. The Labute approximate surface area is 159 Å². The molecule has 2 bridgehead atoms. The van der Waals surface area contributed by atoms with E-state index in [1.165, 1.54) is 24.1 Å². The summed E-state index contributed by atoms with van der Waals surface area (Å²) in [5.74, 6) is 1.69. The van der Waals surface area contributed by atoms with Crippen molar-refractivity contribution in [2.45, 2.75) is 65.7 Å². The maximum absolute atomic E-state index is 12.9. The summed E-state index contributed by atoms with van der Waals surface area (Å²) in [4.78, 5) is 26.2. The highest BCUT2D eigenvalue weighted by molar-refractivity contribution is 7.17. The molecule has 0 spiro atoms. The van der Waals surface area contributed by atoms with Crippen molar-refractivity contribution < 1.29 is 9.59 Å². The first-order valence-corrected chi connectivity index (χ1v) is 10.8. The number of carbonyl (C=O) groups excluding carboxylic acids is 2. The smallest absolute Gasteiger partial charge is 0.251 e. The molecular formula is C21H30N2O2S. The maximum atomic E-state index is 12.9. The molecule has 4 nitrogen and oxygen atoms in total. The second-order valence-electron chi connectivity index (χ2n) is 9.65. The van der Waals surface area contributed by atoms with Crippen LogP contribution in [0.2, 0.25) is 0 Å². The molecule has 0 unspecified atom stereocenters. The molecule has 142 valence electrons. The molecule has 3 aliphatic rings. The van der Waals surface area contributed by atoms with Crippen molar-refractivity contribution >= 4 is 28.2 Å². The van der Waals surface area contributed by atoms with Crippen molar-refractivity contribution in [1.82, 2.24) is 0 Å². The van der Waals surface area contributed by atoms with Gasteiger partial charge in [0, 0.05) is 10.8 Å². The Morgan fingerprint density at radius 3 is 2.50 bits per heavy atom. The van der Waals surface area contributed by atoms with E-state index < -0.39 is 5.91 Å². The summed E-state index contributed by atoms with van der Waals surface area (Å²) in [6.07, 6.45) is 7.62. The van der Waals surface area contributed by atoms with Gasteiger partial charge in [0.15, 0.2) is 0 Å². The Hall–Kier alpha value is -1.36. The average molecular weight is 375 g/mol. The SMILES string of the molecule is CC(C)(C)[C@@H]1CCc2c(sc(NC(=O)[C@H]3C[C@@H]4CC[C@@H]3C4)c2C(N)=O)C1. The third kappa shape index (κ3) is 3.08. The highest BCUT2D eigenvalue weighted by Crippen LogP contribution is 2.49. The summed E-state index contributed by atoms with van der Waals surface area (Å²) in [6, 6.07) is 0. The van der Waals surface area contributed by atoms with E-state index >= 15 is 0 Å². The highest BCUT2D eigenvalue weighted by atomic mass is 32.1. The molecule has 1 aromatic heterocycles. The number of anilines is 1. The number of amides is 2. The van der Waals surface area contributed by atoms with Gasteiger partial charge in [0.1, 0.15) is 5.00 Å². The molecule has 0 saturated heterocycles. The molecule has 2 fully saturated rings. The normalized spacial score (nSPS) is 30.3. The predicted octanol–water partition coefficient (Wildman–Crippen LogP) is 4.37. The van der Waals surface area contributed by atoms with Gasteiger partial charge in [-0.1, -0.05) is 27.2 Å². The standard InChI is InChI=1S/C21H30N2O2S/c1-21(2,3)13-6-7-14-16(10-13)26-20(17(14)18(22)24)23-19(25)15-9-11-4-5-12(15)8-11/h11-13,15H,4-10H2,1-3H3,(H2,22,24)(H,23,25)/t11-,12-,13-,15+/m1/s1. The third-order valence-electron chi connectivity index (χ3n) is 7.05. The summed E-state index contributed by atoms with van der Waals surface area (Å²) in [6.45, 7) is 6.84. The highest BCUT2D eigenvalue weighted by Gasteiger charge is 2.43. The van der Waals surface area contributed by atoms with E-state index in [2.05, 4.69) is 26.1 Å². The van der Waals surface area contributed by atoms with Gasteiger partial charge in [-0.2, -0.15) is 0 Å². The summed E-state index contributed by atoms with van der Waals surface area (Å²) in [5.41, 5.74) is 7.63. The molecule has 2 saturated carbocycles. The minimum atomic E-state index is -0.403. The van der Waals surface area contributed by atoms with Crippen LogP contribution < -0.4 is 11.1 Å². The fourth-order valence-corrected chi connectivity index (χ4v) is 6.78. The van der Waals surface area contributed by atoms with Crippen molar-refractivity contribution in [2.75, 3.05) is 5.32 Å². The zero-order chi connectivity index (χ0) is 18.6. The van der Waals surface area contributed by atoms with E-state index in [1.54, 1.807) is 11.3 Å². The number of nitrogens with two attached hydrogens (primary N) is 1. The Bertz CT molecular complexity index is 746. The Morgan fingerprint density at radius 1 is 1.15 bits per heavy atom. The Morgan fingerprint density at radius 2 is 1.92 bits per heavy atom. The van der Waals surface area contributed by atoms with E-state index in [9.17, 15) is 9.59 Å². The summed E-state index contributed by atoms with van der Waals surface area (Å²) in [7, 11) is 0. The van der Waals surface area contributed by atoms with Gasteiger partial charge in [-0.15, -0.1) is 11.3 Å². The lowest BCUT2D eigenvalue weighted by atomic mass is 9.72. The Balaban J connectivity index is 1.58. The van der Waals surface area contributed by atoms with Gasteiger partial charge < -0.3 is 11.1 Å². The molecular weight excluding hydrogens is 344 g/mol. The summed E-state index contributed by atoms with van der Waals surface area (Å²) >= 11 is 1.58. The first kappa shape index (κ1) is 18.0. The van der Waals surface area contributed by atoms with Crippen molar-refractivity contribution in [3.8, 4) is 0 Å². The van der Waals surface area contributed by atoms with Gasteiger partial charge in [-0.3, -0.25) is 9.59 Å². The molecule has 4 rings (SSSR count). The first-order valence-electron chi connectivity index (χ1n) is 9.99. The molecule has 5 heteroatoms. The van der Waals surface area contributed by atoms with Crippen molar-refractivity contribution in [2.24, 2.45) is 34.8 Å². The zero-order valence-electron chi connectivity index (χ0n) is 16.1. The van der Waals surface area contributed by atoms with Crippen LogP contribution in [0.15, 0.2) is 0 Å². The van der Waals surface area contributed by atoms with Crippen molar-refractivity contribution in [3.63, 3.8) is 0 Å². The van der Waals surface area contributed by atoms with Crippen LogP contribution in [-0.2, 0) is 17.6 Å². The minimum absolute atomic E-state index is 0.102. The average Bonchev–Trinajstić information content (AvgIpc) is 3.26. The first-order chi connectivity index (χ1) is 12.2. The number of fused-ring (bicyclic) bond motifs is 3. The fourth-order valence-electron chi connectivity index (χ4n) is 5.44. The maximum Gasteiger partial charge on any atom is 0.251 e. The van der Waals surface area contributed by atoms with Gasteiger partial charge in [0.05, 0.1) is 5.56 Å². The molecule has 0 aromatic carbocycles. The Kier molecular flexibility index (Phi) is 4.41. The number of rotatable bonds is 3. The largest absolute Gasteiger partial charge is 0.365 e. The monoisotopic (exact) mass is 374 g/mol. The van der Waals surface area contributed by atoms with E-state index in [4.69, 9.17) is 5.73 Å². The lowest BCUT2D eigenvalue weighted by molar-refractivity contribution is -0.121. The van der Waals surface area contributed by atoms with Crippen molar-refractivity contribution in [3.05, 3.63) is 16.0 Å². The topological polar surface area (TPSA) is 72.2 Å². The van der Waals surface area contributed by atoms with Gasteiger partial charge in [-0.05, 0) is 67.3 Å². The van der Waals surface area contributed by atoms with Crippen LogP contribution in [0.5, 0.6) is 0 Å². The number of carbonyl (C=O) groups is 2. The number of hydrogen-bond donors (Lipinski definition) is 2. The summed E-state index contributed by atoms with van der Waals surface area (Å²) in [5, 5.41) is 3.81. The second-order valence-corrected chi connectivity index (χ2v) is 10.8. The van der Waals surface area contributed by atoms with Crippen LogP contribution in [0.25, 0.3) is 0 Å². The van der Waals surface area contributed by atoms with Crippen LogP contribution >= 0.6 is 11.3 Å². The molecule has 0 radical (unpaired) electrons. The fraction of sp³-hybridized carbons (Fsp3) is 0.714. The van der Waals surface area contributed by atoms with Crippen LogP contribution in [0.3, 0.4) is 0 Å². The van der Waals surface area contributed by atoms with E-state index in [1.807, 2.05) is 0 Å². The predicted molar refractivity (Wildman–Crippen MR) is 105 cm³/mol. The van der Waals surface area contributed by atoms with E-state index in [-0.39, 0.29) is 17.2 Å². The van der Waals surface area contributed by atoms with Crippen LogP contribution in [0, 0.1) is 29.1 Å². The van der Waals surface area contributed by atoms with Gasteiger partial charge in [-0.25, -0.2) is 0 Å². The van der Waals surface area contributed by atoms with Gasteiger partial charge in [0.2, 0.25) is 5.91 Å². The molecule has 3 N–H and O–H groups in total. The molecule has 3 aliphatic carbocycles. The number of thiophene rings is 1. The van der Waals surface area contributed by atoms with Crippen LogP contribution in [-0.4, -0.2) is 11.8 Å². The summed E-state index contributed by atoms with van der Waals surface area (Å²) < 4.78 is 0. The van der Waals surface area contributed by atoms with Crippen molar-refractivity contribution in [1.29, 1.82) is 0 Å². The third-order valence-corrected chi connectivity index (χ3v) is 8.22. The van der Waals surface area contributed by atoms with Crippen LogP contribution in [0.1, 0.15) is 73.7 Å². The van der Waals surface area contributed by atoms with E-state index in [0.29, 0.717) is 22.4 Å². The molecule has 1 heterocycles. The van der Waals surface area contributed by atoms with Gasteiger partial charge >= 0.3 is 0 Å².